The third-order valence-corrected chi connectivity index (χ3v) is 3.50. The molecule has 3 nitrogen and oxygen atoms in total. The molecule has 1 aromatic carbocycles. The summed E-state index contributed by atoms with van der Waals surface area (Å²) in [6.07, 6.45) is 1.88. The number of rotatable bonds is 1. The van der Waals surface area contributed by atoms with Crippen LogP contribution in [0.4, 0.5) is 5.69 Å². The molecule has 1 aromatic rings. The van der Waals surface area contributed by atoms with Crippen LogP contribution in [0.5, 0.6) is 0 Å². The van der Waals surface area contributed by atoms with Crippen molar-refractivity contribution in [2.75, 3.05) is 12.4 Å². The summed E-state index contributed by atoms with van der Waals surface area (Å²) in [5.41, 5.74) is 1.97. The summed E-state index contributed by atoms with van der Waals surface area (Å²) in [7, 11) is 1.45. The van der Waals surface area contributed by atoms with Crippen LogP contribution in [0.3, 0.4) is 0 Å². The van der Waals surface area contributed by atoms with E-state index in [0.29, 0.717) is 5.92 Å². The van der Waals surface area contributed by atoms with Crippen molar-refractivity contribution in [3.05, 3.63) is 29.8 Å². The van der Waals surface area contributed by atoms with Gasteiger partial charge in [-0.25, -0.2) is 4.79 Å². The first kappa shape index (κ1) is 11.3. The topological polar surface area (TPSA) is 38.3 Å². The molecule has 86 valence electrons. The fourth-order valence-electron chi connectivity index (χ4n) is 2.54. The largest absolute Gasteiger partial charge is 0.467 e. The number of halogens is 1. The number of anilines is 1. The van der Waals surface area contributed by atoms with Gasteiger partial charge in [-0.1, -0.05) is 18.2 Å². The quantitative estimate of drug-likeness (QED) is 0.762. The zero-order valence-electron chi connectivity index (χ0n) is 9.03. The maximum absolute atomic E-state index is 11.7. The fraction of sp³-hybridized carbons (Fsp3) is 0.417. The van der Waals surface area contributed by atoms with Crippen LogP contribution in [-0.2, 0) is 16.0 Å². The third-order valence-electron chi connectivity index (χ3n) is 3.50. The summed E-state index contributed by atoms with van der Waals surface area (Å²) in [4.78, 5) is 11.7. The molecule has 2 aliphatic rings. The molecular weight excluding hydrogens is 226 g/mol. The predicted octanol–water partition coefficient (Wildman–Crippen LogP) is 2.01. The molecular formula is C12H14ClNO2. The van der Waals surface area contributed by atoms with Crippen LogP contribution >= 0.6 is 12.4 Å². The minimum absolute atomic E-state index is 0. The van der Waals surface area contributed by atoms with Crippen molar-refractivity contribution in [3.8, 4) is 0 Å². The second kappa shape index (κ2) is 3.67. The lowest BCUT2D eigenvalue weighted by molar-refractivity contribution is -0.143. The maximum atomic E-state index is 11.7. The fourth-order valence-corrected chi connectivity index (χ4v) is 2.54. The number of nitrogens with one attached hydrogen (secondary N) is 1. The highest BCUT2D eigenvalue weighted by Gasteiger charge is 2.63. The second-order valence-electron chi connectivity index (χ2n) is 4.35. The highest BCUT2D eigenvalue weighted by atomic mass is 35.5. The Kier molecular flexibility index (Phi) is 2.58. The van der Waals surface area contributed by atoms with Gasteiger partial charge in [0.1, 0.15) is 5.54 Å². The molecule has 1 aliphatic heterocycles. The Balaban J connectivity index is 0.000000963. The smallest absolute Gasteiger partial charge is 0.331 e. The van der Waals surface area contributed by atoms with E-state index in [9.17, 15) is 4.79 Å². The highest BCUT2D eigenvalue weighted by Crippen LogP contribution is 2.53. The van der Waals surface area contributed by atoms with Crippen molar-refractivity contribution in [2.24, 2.45) is 5.92 Å². The first-order chi connectivity index (χ1) is 7.26. The van der Waals surface area contributed by atoms with E-state index in [1.807, 2.05) is 18.2 Å². The van der Waals surface area contributed by atoms with Gasteiger partial charge in [0.15, 0.2) is 0 Å². The van der Waals surface area contributed by atoms with Crippen molar-refractivity contribution in [1.29, 1.82) is 0 Å². The number of para-hydroxylation sites is 1. The van der Waals surface area contributed by atoms with Gasteiger partial charge in [0, 0.05) is 5.69 Å². The van der Waals surface area contributed by atoms with Gasteiger partial charge < -0.3 is 10.1 Å². The Morgan fingerprint density at radius 3 is 3.00 bits per heavy atom. The zero-order chi connectivity index (χ0) is 10.5. The summed E-state index contributed by atoms with van der Waals surface area (Å²) in [5, 5.41) is 3.32. The summed E-state index contributed by atoms with van der Waals surface area (Å²) in [5.74, 6) is 0.293. The highest BCUT2D eigenvalue weighted by molar-refractivity contribution is 5.90. The number of carbonyl (C=O) groups is 1. The Morgan fingerprint density at radius 1 is 1.50 bits per heavy atom. The maximum Gasteiger partial charge on any atom is 0.331 e. The van der Waals surface area contributed by atoms with Gasteiger partial charge in [-0.05, 0) is 30.4 Å². The molecule has 2 unspecified atom stereocenters. The predicted molar refractivity (Wildman–Crippen MR) is 63.9 cm³/mol. The Morgan fingerprint density at radius 2 is 2.25 bits per heavy atom. The molecule has 0 spiro atoms. The van der Waals surface area contributed by atoms with Gasteiger partial charge in [-0.3, -0.25) is 0 Å². The van der Waals surface area contributed by atoms with Crippen LogP contribution in [-0.4, -0.2) is 18.6 Å². The number of ether oxygens (including phenoxy) is 1. The number of benzene rings is 1. The van der Waals surface area contributed by atoms with Crippen LogP contribution in [0.2, 0.25) is 0 Å². The molecule has 4 heteroatoms. The molecule has 16 heavy (non-hydrogen) atoms. The van der Waals surface area contributed by atoms with E-state index in [0.717, 1.165) is 18.5 Å². The van der Waals surface area contributed by atoms with Crippen LogP contribution in [0, 0.1) is 5.92 Å². The van der Waals surface area contributed by atoms with Gasteiger partial charge in [0.05, 0.1) is 7.11 Å². The zero-order valence-corrected chi connectivity index (χ0v) is 9.84. The van der Waals surface area contributed by atoms with E-state index < -0.39 is 5.54 Å². The number of methoxy groups -OCH3 is 1. The lowest BCUT2D eigenvalue weighted by atomic mass is 9.98. The first-order valence-electron chi connectivity index (χ1n) is 5.21. The third kappa shape index (κ3) is 1.39. The minimum Gasteiger partial charge on any atom is -0.467 e. The van der Waals surface area contributed by atoms with Crippen molar-refractivity contribution < 1.29 is 9.53 Å². The first-order valence-corrected chi connectivity index (χ1v) is 5.21. The monoisotopic (exact) mass is 239 g/mol. The van der Waals surface area contributed by atoms with Gasteiger partial charge >= 0.3 is 5.97 Å². The van der Waals surface area contributed by atoms with Crippen LogP contribution in [0.1, 0.15) is 12.0 Å². The Bertz CT molecular complexity index is 435. The SMILES string of the molecule is COC(=O)C12CC1Cc1ccccc1N2.Cl. The van der Waals surface area contributed by atoms with Gasteiger partial charge in [0.25, 0.3) is 0 Å². The molecule has 2 atom stereocenters. The summed E-state index contributed by atoms with van der Waals surface area (Å²) >= 11 is 0. The Hall–Kier alpha value is -1.22. The molecule has 3 rings (SSSR count). The molecule has 1 N–H and O–H groups in total. The molecule has 0 amide bonds. The van der Waals surface area contributed by atoms with Crippen LogP contribution in [0.25, 0.3) is 0 Å². The number of esters is 1. The molecule has 0 saturated heterocycles. The lowest BCUT2D eigenvalue weighted by Gasteiger charge is -2.24. The van der Waals surface area contributed by atoms with E-state index in [-0.39, 0.29) is 18.4 Å². The summed E-state index contributed by atoms with van der Waals surface area (Å²) < 4.78 is 4.85. The lowest BCUT2D eigenvalue weighted by Crippen LogP contribution is -2.38. The second-order valence-corrected chi connectivity index (χ2v) is 4.35. The minimum atomic E-state index is -0.414. The molecule has 0 aromatic heterocycles. The standard InChI is InChI=1S/C12H13NO2.ClH/c1-15-11(14)12-7-9(12)6-8-4-2-3-5-10(8)13-12;/h2-5,9,13H,6-7H2,1H3;1H. The van der Waals surface area contributed by atoms with Gasteiger partial charge in [-0.15, -0.1) is 12.4 Å². The van der Waals surface area contributed by atoms with E-state index in [1.165, 1.54) is 12.7 Å². The number of carbonyl (C=O) groups excluding carboxylic acids is 1. The van der Waals surface area contributed by atoms with Crippen LogP contribution < -0.4 is 5.32 Å². The normalized spacial score (nSPS) is 28.9. The Labute approximate surface area is 101 Å². The number of fused-ring (bicyclic) bond motifs is 2. The summed E-state index contributed by atoms with van der Waals surface area (Å²) in [6.45, 7) is 0. The molecule has 1 aliphatic carbocycles. The van der Waals surface area contributed by atoms with Crippen LogP contribution in [0.15, 0.2) is 24.3 Å². The van der Waals surface area contributed by atoms with Crippen molar-refractivity contribution in [1.82, 2.24) is 0 Å². The van der Waals surface area contributed by atoms with Gasteiger partial charge in [0.2, 0.25) is 0 Å². The number of hydrogen-bond donors (Lipinski definition) is 1. The average Bonchev–Trinajstić information content (AvgIpc) is 2.99. The molecule has 1 saturated carbocycles. The average molecular weight is 240 g/mol. The molecule has 1 heterocycles. The van der Waals surface area contributed by atoms with Crippen molar-refractivity contribution >= 4 is 24.1 Å². The van der Waals surface area contributed by atoms with Gasteiger partial charge in [-0.2, -0.15) is 0 Å². The van der Waals surface area contributed by atoms with E-state index in [4.69, 9.17) is 4.74 Å². The van der Waals surface area contributed by atoms with E-state index in [1.54, 1.807) is 0 Å². The summed E-state index contributed by atoms with van der Waals surface area (Å²) in [6, 6.07) is 8.16. The molecule has 0 bridgehead atoms. The van der Waals surface area contributed by atoms with Crippen molar-refractivity contribution in [3.63, 3.8) is 0 Å². The van der Waals surface area contributed by atoms with Crippen molar-refractivity contribution in [2.45, 2.75) is 18.4 Å². The van der Waals surface area contributed by atoms with E-state index >= 15 is 0 Å². The number of hydrogen-bond acceptors (Lipinski definition) is 3. The van der Waals surface area contributed by atoms with E-state index in [2.05, 4.69) is 11.4 Å². The molecule has 0 radical (unpaired) electrons. The molecule has 1 fully saturated rings.